The van der Waals surface area contributed by atoms with E-state index in [1.165, 1.54) is 0 Å². The Bertz CT molecular complexity index is 569. The average molecular weight is 280 g/mol. The molecule has 2 aromatic rings. The van der Waals surface area contributed by atoms with Crippen LogP contribution in [-0.2, 0) is 7.05 Å². The van der Waals surface area contributed by atoms with Crippen LogP contribution in [0.4, 0.5) is 0 Å². The maximum Gasteiger partial charge on any atom is 0.287 e. The van der Waals surface area contributed by atoms with E-state index < -0.39 is 0 Å². The van der Waals surface area contributed by atoms with E-state index in [1.54, 1.807) is 36.1 Å². The molecule has 0 radical (unpaired) electrons. The van der Waals surface area contributed by atoms with Crippen molar-refractivity contribution in [3.63, 3.8) is 0 Å². The van der Waals surface area contributed by atoms with Gasteiger partial charge in [0.05, 0.1) is 11.6 Å². The van der Waals surface area contributed by atoms with Crippen LogP contribution in [0, 0.1) is 0 Å². The van der Waals surface area contributed by atoms with Gasteiger partial charge in [0.2, 0.25) is 0 Å². The lowest BCUT2D eigenvalue weighted by Gasteiger charge is -2.08. The molecular weight excluding hydrogens is 266 g/mol. The molecule has 1 N–H and O–H groups in total. The van der Waals surface area contributed by atoms with Gasteiger partial charge in [0.25, 0.3) is 5.91 Å². The molecule has 0 aliphatic carbocycles. The fourth-order valence-electron chi connectivity index (χ4n) is 1.55. The van der Waals surface area contributed by atoms with Gasteiger partial charge in [-0.15, -0.1) is 0 Å². The molecule has 2 rings (SSSR count). The van der Waals surface area contributed by atoms with Crippen LogP contribution in [0.3, 0.4) is 0 Å². The monoisotopic (exact) mass is 279 g/mol. The number of nitrogens with zero attached hydrogens (tertiary/aromatic N) is 2. The van der Waals surface area contributed by atoms with Crippen LogP contribution in [0.5, 0.6) is 5.75 Å². The Balaban J connectivity index is 1.77. The number of hydrogen-bond acceptors (Lipinski definition) is 3. The molecule has 1 heterocycles. The highest BCUT2D eigenvalue weighted by molar-refractivity contribution is 6.32. The first-order valence-corrected chi connectivity index (χ1v) is 6.19. The standard InChI is InChI=1S/C13H14ClN3O2/c1-17-8-6-15-12(17)13(18)16-7-9-19-11-5-3-2-4-10(11)14/h2-6,8H,7,9H2,1H3,(H,16,18). The maximum absolute atomic E-state index is 11.7. The van der Waals surface area contributed by atoms with E-state index in [2.05, 4.69) is 10.3 Å². The molecule has 0 aliphatic heterocycles. The highest BCUT2D eigenvalue weighted by atomic mass is 35.5. The smallest absolute Gasteiger partial charge is 0.287 e. The first-order valence-electron chi connectivity index (χ1n) is 5.81. The summed E-state index contributed by atoms with van der Waals surface area (Å²) in [5.41, 5.74) is 0. The number of carbonyl (C=O) groups is 1. The topological polar surface area (TPSA) is 56.2 Å². The van der Waals surface area contributed by atoms with E-state index in [4.69, 9.17) is 16.3 Å². The van der Waals surface area contributed by atoms with E-state index in [9.17, 15) is 4.79 Å². The number of halogens is 1. The van der Waals surface area contributed by atoms with Crippen LogP contribution in [0.15, 0.2) is 36.7 Å². The van der Waals surface area contributed by atoms with Gasteiger partial charge in [-0.1, -0.05) is 23.7 Å². The minimum absolute atomic E-state index is 0.227. The molecule has 0 spiro atoms. The van der Waals surface area contributed by atoms with Crippen LogP contribution in [0.2, 0.25) is 5.02 Å². The SMILES string of the molecule is Cn1ccnc1C(=O)NCCOc1ccccc1Cl. The molecular formula is C13H14ClN3O2. The van der Waals surface area contributed by atoms with Crippen molar-refractivity contribution in [3.05, 3.63) is 47.5 Å². The fraction of sp³-hybridized carbons (Fsp3) is 0.231. The fourth-order valence-corrected chi connectivity index (χ4v) is 1.74. The molecule has 6 heteroatoms. The molecule has 0 saturated heterocycles. The van der Waals surface area contributed by atoms with Crippen molar-refractivity contribution in [1.29, 1.82) is 0 Å². The van der Waals surface area contributed by atoms with E-state index in [0.29, 0.717) is 29.7 Å². The Hall–Kier alpha value is -2.01. The number of carbonyl (C=O) groups excluding carboxylic acids is 1. The number of imidazole rings is 1. The van der Waals surface area contributed by atoms with Gasteiger partial charge < -0.3 is 14.6 Å². The van der Waals surface area contributed by atoms with Crippen molar-refractivity contribution in [2.75, 3.05) is 13.2 Å². The van der Waals surface area contributed by atoms with Gasteiger partial charge in [-0.25, -0.2) is 4.98 Å². The van der Waals surface area contributed by atoms with Crippen molar-refractivity contribution in [1.82, 2.24) is 14.9 Å². The Labute approximate surface area is 116 Å². The molecule has 1 aromatic carbocycles. The predicted molar refractivity (Wildman–Crippen MR) is 72.5 cm³/mol. The molecule has 5 nitrogen and oxygen atoms in total. The molecule has 0 unspecified atom stereocenters. The second kappa shape index (κ2) is 6.24. The summed E-state index contributed by atoms with van der Waals surface area (Å²) in [5.74, 6) is 0.753. The Morgan fingerprint density at radius 1 is 1.47 bits per heavy atom. The van der Waals surface area contributed by atoms with E-state index in [-0.39, 0.29) is 5.91 Å². The molecule has 19 heavy (non-hydrogen) atoms. The summed E-state index contributed by atoms with van der Waals surface area (Å²) in [7, 11) is 1.77. The third-order valence-electron chi connectivity index (χ3n) is 2.51. The third-order valence-corrected chi connectivity index (χ3v) is 2.82. The summed E-state index contributed by atoms with van der Waals surface area (Å²) in [6.07, 6.45) is 3.30. The molecule has 0 atom stereocenters. The summed E-state index contributed by atoms with van der Waals surface area (Å²) in [4.78, 5) is 15.7. The lowest BCUT2D eigenvalue weighted by molar-refractivity contribution is 0.0933. The van der Waals surface area contributed by atoms with E-state index in [0.717, 1.165) is 0 Å². The lowest BCUT2D eigenvalue weighted by Crippen LogP contribution is -2.30. The van der Waals surface area contributed by atoms with Gasteiger partial charge >= 0.3 is 0 Å². The van der Waals surface area contributed by atoms with Crippen LogP contribution in [-0.4, -0.2) is 28.6 Å². The number of aryl methyl sites for hydroxylation is 1. The normalized spacial score (nSPS) is 10.2. The van der Waals surface area contributed by atoms with Gasteiger partial charge in [0.1, 0.15) is 12.4 Å². The maximum atomic E-state index is 11.7. The Morgan fingerprint density at radius 3 is 2.95 bits per heavy atom. The minimum atomic E-state index is -0.227. The van der Waals surface area contributed by atoms with Crippen molar-refractivity contribution < 1.29 is 9.53 Å². The van der Waals surface area contributed by atoms with E-state index in [1.807, 2.05) is 12.1 Å². The molecule has 1 aromatic heterocycles. The average Bonchev–Trinajstić information content (AvgIpc) is 2.82. The number of aromatic nitrogens is 2. The molecule has 0 bridgehead atoms. The summed E-state index contributed by atoms with van der Waals surface area (Å²) >= 11 is 5.94. The zero-order chi connectivity index (χ0) is 13.7. The van der Waals surface area contributed by atoms with Gasteiger partial charge in [-0.05, 0) is 12.1 Å². The molecule has 0 aliphatic rings. The predicted octanol–water partition coefficient (Wildman–Crippen LogP) is 1.88. The number of rotatable bonds is 5. The highest BCUT2D eigenvalue weighted by Crippen LogP contribution is 2.22. The summed E-state index contributed by atoms with van der Waals surface area (Å²) in [6.45, 7) is 0.733. The van der Waals surface area contributed by atoms with Gasteiger partial charge in [0.15, 0.2) is 5.82 Å². The summed E-state index contributed by atoms with van der Waals surface area (Å²) in [5, 5.41) is 3.28. The van der Waals surface area contributed by atoms with Crippen molar-refractivity contribution in [2.45, 2.75) is 0 Å². The number of para-hydroxylation sites is 1. The van der Waals surface area contributed by atoms with Crippen LogP contribution in [0.1, 0.15) is 10.6 Å². The number of nitrogens with one attached hydrogen (secondary N) is 1. The molecule has 0 fully saturated rings. The number of benzene rings is 1. The second-order valence-corrected chi connectivity index (χ2v) is 4.30. The van der Waals surface area contributed by atoms with Gasteiger partial charge in [-0.3, -0.25) is 4.79 Å². The van der Waals surface area contributed by atoms with Crippen LogP contribution in [0.25, 0.3) is 0 Å². The largest absolute Gasteiger partial charge is 0.490 e. The third kappa shape index (κ3) is 3.48. The molecule has 0 saturated carbocycles. The van der Waals surface area contributed by atoms with Gasteiger partial charge in [0, 0.05) is 19.4 Å². The molecule has 1 amide bonds. The van der Waals surface area contributed by atoms with Crippen molar-refractivity contribution >= 4 is 17.5 Å². The molecule has 100 valence electrons. The summed E-state index contributed by atoms with van der Waals surface area (Å²) in [6, 6.07) is 7.21. The van der Waals surface area contributed by atoms with Crippen LogP contribution < -0.4 is 10.1 Å². The van der Waals surface area contributed by atoms with Crippen molar-refractivity contribution in [3.8, 4) is 5.75 Å². The Kier molecular flexibility index (Phi) is 4.41. The zero-order valence-corrected chi connectivity index (χ0v) is 11.2. The van der Waals surface area contributed by atoms with Crippen molar-refractivity contribution in [2.24, 2.45) is 7.05 Å². The van der Waals surface area contributed by atoms with Crippen LogP contribution >= 0.6 is 11.6 Å². The Morgan fingerprint density at radius 2 is 2.26 bits per heavy atom. The quantitative estimate of drug-likeness (QED) is 0.850. The lowest BCUT2D eigenvalue weighted by atomic mass is 10.3. The zero-order valence-electron chi connectivity index (χ0n) is 10.5. The number of amides is 1. The number of hydrogen-bond donors (Lipinski definition) is 1. The highest BCUT2D eigenvalue weighted by Gasteiger charge is 2.09. The number of ether oxygens (including phenoxy) is 1. The van der Waals surface area contributed by atoms with E-state index >= 15 is 0 Å². The summed E-state index contributed by atoms with van der Waals surface area (Å²) < 4.78 is 7.12. The minimum Gasteiger partial charge on any atom is -0.490 e. The first kappa shape index (κ1) is 13.4. The second-order valence-electron chi connectivity index (χ2n) is 3.90. The first-order chi connectivity index (χ1) is 9.18. The van der Waals surface area contributed by atoms with Gasteiger partial charge in [-0.2, -0.15) is 0 Å².